The van der Waals surface area contributed by atoms with E-state index in [1.54, 1.807) is 36.4 Å². The molecular formula is C25H29N3O6S. The number of ether oxygens (including phenoxy) is 3. The quantitative estimate of drug-likeness (QED) is 0.308. The van der Waals surface area contributed by atoms with Gasteiger partial charge >= 0.3 is 5.97 Å². The van der Waals surface area contributed by atoms with Gasteiger partial charge in [-0.1, -0.05) is 18.2 Å². The number of amides is 2. The van der Waals surface area contributed by atoms with Crippen LogP contribution in [0.3, 0.4) is 0 Å². The van der Waals surface area contributed by atoms with Crippen LogP contribution >= 0.6 is 12.2 Å². The first kappa shape index (κ1) is 26.0. The molecule has 186 valence electrons. The van der Waals surface area contributed by atoms with Gasteiger partial charge in [0.25, 0.3) is 5.91 Å². The predicted molar refractivity (Wildman–Crippen MR) is 133 cm³/mol. The summed E-state index contributed by atoms with van der Waals surface area (Å²) < 4.78 is 16.3. The molecule has 10 heteroatoms. The molecule has 1 aliphatic rings. The van der Waals surface area contributed by atoms with Gasteiger partial charge in [-0.05, 0) is 62.5 Å². The highest BCUT2D eigenvalue weighted by Crippen LogP contribution is 2.15. The molecule has 2 amide bonds. The number of esters is 1. The van der Waals surface area contributed by atoms with E-state index in [2.05, 4.69) is 10.6 Å². The molecule has 35 heavy (non-hydrogen) atoms. The number of piperazine rings is 1. The lowest BCUT2D eigenvalue weighted by Gasteiger charge is -2.36. The van der Waals surface area contributed by atoms with Crippen LogP contribution in [-0.4, -0.2) is 66.2 Å². The Morgan fingerprint density at radius 1 is 1.09 bits per heavy atom. The minimum atomic E-state index is -0.888. The lowest BCUT2D eigenvalue weighted by Crippen LogP contribution is -2.60. The fourth-order valence-corrected chi connectivity index (χ4v) is 3.72. The zero-order chi connectivity index (χ0) is 25.2. The second kappa shape index (κ2) is 12.7. The molecule has 9 nitrogen and oxygen atoms in total. The van der Waals surface area contributed by atoms with Crippen molar-refractivity contribution in [1.82, 2.24) is 15.5 Å². The van der Waals surface area contributed by atoms with Gasteiger partial charge in [-0.3, -0.25) is 19.7 Å². The number of hydrogen-bond donors (Lipinski definition) is 2. The molecule has 2 aromatic carbocycles. The normalized spacial score (nSPS) is 15.2. The highest BCUT2D eigenvalue weighted by Gasteiger charge is 2.34. The topological polar surface area (TPSA) is 106 Å². The van der Waals surface area contributed by atoms with Crippen LogP contribution in [-0.2, 0) is 14.3 Å². The Balaban J connectivity index is 1.51. The number of nitrogens with one attached hydrogen (secondary N) is 2. The van der Waals surface area contributed by atoms with Crippen molar-refractivity contribution in [2.24, 2.45) is 0 Å². The third-order valence-corrected chi connectivity index (χ3v) is 5.36. The molecule has 2 aromatic rings. The molecule has 0 spiro atoms. The summed E-state index contributed by atoms with van der Waals surface area (Å²) in [5, 5.41) is 5.43. The first-order chi connectivity index (χ1) is 16.8. The average molecular weight is 500 g/mol. The van der Waals surface area contributed by atoms with E-state index in [0.717, 1.165) is 0 Å². The molecule has 0 aromatic heterocycles. The minimum absolute atomic E-state index is 0.0208. The molecule has 0 saturated carbocycles. The number of para-hydroxylation sites is 1. The van der Waals surface area contributed by atoms with Crippen LogP contribution in [0.15, 0.2) is 54.6 Å². The van der Waals surface area contributed by atoms with Gasteiger partial charge < -0.3 is 24.4 Å². The van der Waals surface area contributed by atoms with Gasteiger partial charge in [0.2, 0.25) is 5.91 Å². The second-order valence-corrected chi connectivity index (χ2v) is 8.42. The summed E-state index contributed by atoms with van der Waals surface area (Å²) in [5.74, 6) is -0.0234. The van der Waals surface area contributed by atoms with E-state index in [9.17, 15) is 14.4 Å². The Labute approximate surface area is 209 Å². The molecular weight excluding hydrogens is 470 g/mol. The fraction of sp³-hybridized carbons (Fsp3) is 0.360. The van der Waals surface area contributed by atoms with Gasteiger partial charge in [-0.15, -0.1) is 0 Å². The van der Waals surface area contributed by atoms with Crippen molar-refractivity contribution in [2.45, 2.75) is 32.4 Å². The molecule has 3 rings (SSSR count). The first-order valence-electron chi connectivity index (χ1n) is 11.3. The largest absolute Gasteiger partial charge is 0.491 e. The van der Waals surface area contributed by atoms with Gasteiger partial charge in [-0.2, -0.15) is 0 Å². The fourth-order valence-electron chi connectivity index (χ4n) is 3.41. The van der Waals surface area contributed by atoms with E-state index in [4.69, 9.17) is 26.4 Å². The number of thiocarbonyl (C=S) groups is 1. The van der Waals surface area contributed by atoms with Crippen LogP contribution in [0.4, 0.5) is 0 Å². The Morgan fingerprint density at radius 3 is 2.49 bits per heavy atom. The van der Waals surface area contributed by atoms with Crippen molar-refractivity contribution in [1.29, 1.82) is 0 Å². The van der Waals surface area contributed by atoms with Gasteiger partial charge in [0, 0.05) is 18.7 Å². The van der Waals surface area contributed by atoms with Crippen molar-refractivity contribution in [3.8, 4) is 11.5 Å². The van der Waals surface area contributed by atoms with Crippen LogP contribution in [0, 0.1) is 0 Å². The maximum absolute atomic E-state index is 12.7. The number of nitrogens with zero attached hydrogens (tertiary/aromatic N) is 1. The van der Waals surface area contributed by atoms with E-state index < -0.39 is 17.9 Å². The van der Waals surface area contributed by atoms with Crippen molar-refractivity contribution >= 4 is 35.1 Å². The number of carbonyl (C=O) groups excluding carboxylic acids is 3. The molecule has 0 aliphatic carbocycles. The molecule has 1 saturated heterocycles. The van der Waals surface area contributed by atoms with E-state index in [1.165, 1.54) is 4.90 Å². The molecule has 2 N–H and O–H groups in total. The Kier molecular flexibility index (Phi) is 9.42. The summed E-state index contributed by atoms with van der Waals surface area (Å²) in [4.78, 5) is 39.0. The smallest absolute Gasteiger partial charge is 0.308 e. The van der Waals surface area contributed by atoms with Crippen LogP contribution in [0.2, 0.25) is 0 Å². The lowest BCUT2D eigenvalue weighted by atomic mass is 10.1. The summed E-state index contributed by atoms with van der Waals surface area (Å²) in [6, 6.07) is 14.9. The van der Waals surface area contributed by atoms with Gasteiger partial charge in [0.15, 0.2) is 5.11 Å². The standard InChI is InChI=1S/C25H29N3O6S/c1-17(2)34-20-10-8-18(9-11-20)23(30)27-25(35)28-13-12-26-24(31)21(28)16-22(29)33-15-14-32-19-6-4-3-5-7-19/h3-11,17,21H,12-16H2,1-2H3,(H,26,31)(H,27,30,35). The predicted octanol–water partition coefficient (Wildman–Crippen LogP) is 2.30. The molecule has 0 bridgehead atoms. The molecule has 1 heterocycles. The van der Waals surface area contributed by atoms with E-state index in [0.29, 0.717) is 30.2 Å². The highest BCUT2D eigenvalue weighted by atomic mass is 32.1. The number of carbonyl (C=O) groups is 3. The number of hydrogen-bond acceptors (Lipinski definition) is 7. The van der Waals surface area contributed by atoms with Crippen LogP contribution < -0.4 is 20.1 Å². The van der Waals surface area contributed by atoms with E-state index in [-0.39, 0.29) is 36.8 Å². The highest BCUT2D eigenvalue weighted by molar-refractivity contribution is 7.80. The minimum Gasteiger partial charge on any atom is -0.491 e. The molecule has 1 unspecified atom stereocenters. The van der Waals surface area contributed by atoms with E-state index >= 15 is 0 Å². The molecule has 1 aliphatic heterocycles. The third kappa shape index (κ3) is 7.96. The van der Waals surface area contributed by atoms with Crippen LogP contribution in [0.25, 0.3) is 0 Å². The lowest BCUT2D eigenvalue weighted by molar-refractivity contribution is -0.148. The molecule has 1 atom stereocenters. The maximum atomic E-state index is 12.7. The zero-order valence-electron chi connectivity index (χ0n) is 19.7. The van der Waals surface area contributed by atoms with Crippen molar-refractivity contribution in [3.05, 3.63) is 60.2 Å². The van der Waals surface area contributed by atoms with Crippen molar-refractivity contribution < 1.29 is 28.6 Å². The molecule has 1 fully saturated rings. The second-order valence-electron chi connectivity index (χ2n) is 8.04. The summed E-state index contributed by atoms with van der Waals surface area (Å²) in [7, 11) is 0. The SMILES string of the molecule is CC(C)Oc1ccc(C(=O)NC(=S)N2CCNC(=O)C2CC(=O)OCCOc2ccccc2)cc1. The Hall–Kier alpha value is -3.66. The number of benzene rings is 2. The zero-order valence-corrected chi connectivity index (χ0v) is 20.5. The summed E-state index contributed by atoms with van der Waals surface area (Å²) in [6.07, 6.45) is -0.193. The van der Waals surface area contributed by atoms with E-state index in [1.807, 2.05) is 32.0 Å². The average Bonchev–Trinajstić information content (AvgIpc) is 2.83. The van der Waals surface area contributed by atoms with Crippen LogP contribution in [0.1, 0.15) is 30.6 Å². The Bertz CT molecular complexity index is 1030. The van der Waals surface area contributed by atoms with Gasteiger partial charge in [0.1, 0.15) is 30.8 Å². The van der Waals surface area contributed by atoms with Crippen LogP contribution in [0.5, 0.6) is 11.5 Å². The first-order valence-corrected chi connectivity index (χ1v) is 11.7. The summed E-state index contributed by atoms with van der Waals surface area (Å²) in [6.45, 7) is 4.75. The monoisotopic (exact) mass is 499 g/mol. The van der Waals surface area contributed by atoms with Gasteiger partial charge in [0.05, 0.1) is 12.5 Å². The summed E-state index contributed by atoms with van der Waals surface area (Å²) in [5.41, 5.74) is 0.388. The number of rotatable bonds is 9. The van der Waals surface area contributed by atoms with Crippen molar-refractivity contribution in [3.63, 3.8) is 0 Å². The molecule has 0 radical (unpaired) electrons. The summed E-state index contributed by atoms with van der Waals surface area (Å²) >= 11 is 5.39. The van der Waals surface area contributed by atoms with Gasteiger partial charge in [-0.25, -0.2) is 0 Å². The van der Waals surface area contributed by atoms with Crippen molar-refractivity contribution in [2.75, 3.05) is 26.3 Å². The maximum Gasteiger partial charge on any atom is 0.308 e. The Morgan fingerprint density at radius 2 is 1.80 bits per heavy atom. The third-order valence-electron chi connectivity index (χ3n) is 5.02.